The van der Waals surface area contributed by atoms with Crippen LogP contribution in [-0.4, -0.2) is 60.9 Å². The van der Waals surface area contributed by atoms with E-state index in [9.17, 15) is 9.59 Å². The van der Waals surface area contributed by atoms with E-state index in [-0.39, 0.29) is 11.8 Å². The van der Waals surface area contributed by atoms with E-state index < -0.39 is 0 Å². The summed E-state index contributed by atoms with van der Waals surface area (Å²) in [7, 11) is 0. The molecule has 0 saturated carbocycles. The van der Waals surface area contributed by atoms with Crippen LogP contribution in [0.2, 0.25) is 0 Å². The monoisotopic (exact) mass is 363 g/mol. The molecule has 0 aromatic heterocycles. The van der Waals surface area contributed by atoms with Gasteiger partial charge in [0.05, 0.1) is 6.54 Å². The third-order valence-corrected chi connectivity index (χ3v) is 5.58. The van der Waals surface area contributed by atoms with Crippen LogP contribution in [0, 0.1) is 6.92 Å². The van der Waals surface area contributed by atoms with Gasteiger partial charge >= 0.3 is 0 Å². The van der Waals surface area contributed by atoms with Gasteiger partial charge in [0.15, 0.2) is 0 Å². The van der Waals surface area contributed by atoms with Crippen LogP contribution in [0.1, 0.15) is 21.5 Å². The topological polar surface area (TPSA) is 43.9 Å². The molecule has 5 heteroatoms. The molecular formula is C22H25N3O2. The molecule has 2 amide bonds. The molecule has 2 aromatic rings. The average molecular weight is 363 g/mol. The van der Waals surface area contributed by atoms with E-state index in [1.807, 2.05) is 59.2 Å². The number of para-hydroxylation sites is 1. The van der Waals surface area contributed by atoms with Gasteiger partial charge in [-0.15, -0.1) is 0 Å². The average Bonchev–Trinajstić information content (AvgIpc) is 3.13. The highest BCUT2D eigenvalue weighted by atomic mass is 16.2. The summed E-state index contributed by atoms with van der Waals surface area (Å²) in [6, 6.07) is 15.8. The predicted molar refractivity (Wildman–Crippen MR) is 106 cm³/mol. The number of carbonyl (C=O) groups excluding carboxylic acids is 2. The van der Waals surface area contributed by atoms with Crippen LogP contribution in [0.4, 0.5) is 5.69 Å². The van der Waals surface area contributed by atoms with Crippen molar-refractivity contribution < 1.29 is 9.59 Å². The number of benzene rings is 2. The van der Waals surface area contributed by atoms with Gasteiger partial charge in [-0.25, -0.2) is 0 Å². The van der Waals surface area contributed by atoms with Crippen molar-refractivity contribution in [1.82, 2.24) is 9.80 Å². The van der Waals surface area contributed by atoms with Gasteiger partial charge in [0.1, 0.15) is 0 Å². The van der Waals surface area contributed by atoms with Crippen molar-refractivity contribution in [1.29, 1.82) is 0 Å². The van der Waals surface area contributed by atoms with Crippen LogP contribution in [0.15, 0.2) is 48.5 Å². The minimum absolute atomic E-state index is 0.0903. The Morgan fingerprint density at radius 1 is 0.889 bits per heavy atom. The van der Waals surface area contributed by atoms with Crippen molar-refractivity contribution in [3.05, 3.63) is 65.2 Å². The van der Waals surface area contributed by atoms with Gasteiger partial charge in [-0.1, -0.05) is 36.4 Å². The van der Waals surface area contributed by atoms with Gasteiger partial charge in [-0.2, -0.15) is 0 Å². The SMILES string of the molecule is Cc1ccccc1C(=O)N1CCN(CC(=O)N2CCc3ccccc32)CC1. The van der Waals surface area contributed by atoms with Crippen LogP contribution < -0.4 is 4.90 Å². The molecule has 2 aliphatic rings. The van der Waals surface area contributed by atoms with Gasteiger partial charge in [-0.3, -0.25) is 14.5 Å². The number of nitrogens with zero attached hydrogens (tertiary/aromatic N) is 3. The molecule has 27 heavy (non-hydrogen) atoms. The van der Waals surface area contributed by atoms with Crippen LogP contribution in [0.5, 0.6) is 0 Å². The Morgan fingerprint density at radius 2 is 1.59 bits per heavy atom. The van der Waals surface area contributed by atoms with Gasteiger partial charge in [0, 0.05) is 44.0 Å². The Hall–Kier alpha value is -2.66. The zero-order chi connectivity index (χ0) is 18.8. The lowest BCUT2D eigenvalue weighted by Gasteiger charge is -2.35. The molecule has 2 aromatic carbocycles. The number of anilines is 1. The van der Waals surface area contributed by atoms with Crippen LogP contribution in [-0.2, 0) is 11.2 Å². The molecule has 5 nitrogen and oxygen atoms in total. The summed E-state index contributed by atoms with van der Waals surface area (Å²) < 4.78 is 0. The van der Waals surface area contributed by atoms with Crippen LogP contribution >= 0.6 is 0 Å². The molecule has 0 aliphatic carbocycles. The summed E-state index contributed by atoms with van der Waals surface area (Å²) in [5, 5.41) is 0. The number of piperazine rings is 1. The zero-order valence-electron chi connectivity index (χ0n) is 15.7. The van der Waals surface area contributed by atoms with E-state index in [4.69, 9.17) is 0 Å². The van der Waals surface area contributed by atoms with Crippen molar-refractivity contribution in [2.45, 2.75) is 13.3 Å². The third-order valence-electron chi connectivity index (χ3n) is 5.58. The molecule has 4 rings (SSSR count). The van der Waals surface area contributed by atoms with E-state index in [2.05, 4.69) is 11.0 Å². The number of rotatable bonds is 3. The minimum atomic E-state index is 0.0903. The lowest BCUT2D eigenvalue weighted by molar-refractivity contribution is -0.120. The normalized spacial score (nSPS) is 17.1. The molecule has 2 heterocycles. The summed E-state index contributed by atoms with van der Waals surface area (Å²) >= 11 is 0. The molecule has 2 aliphatic heterocycles. The molecule has 140 valence electrons. The van der Waals surface area contributed by atoms with Crippen LogP contribution in [0.25, 0.3) is 0 Å². The molecule has 1 saturated heterocycles. The Morgan fingerprint density at radius 3 is 2.37 bits per heavy atom. The second kappa shape index (κ2) is 7.53. The largest absolute Gasteiger partial charge is 0.336 e. The van der Waals surface area contributed by atoms with Gasteiger partial charge < -0.3 is 9.80 Å². The van der Waals surface area contributed by atoms with E-state index in [0.717, 1.165) is 42.9 Å². The number of hydrogen-bond acceptors (Lipinski definition) is 3. The first-order valence-electron chi connectivity index (χ1n) is 9.59. The Balaban J connectivity index is 1.33. The summed E-state index contributed by atoms with van der Waals surface area (Å²) in [6.07, 6.45) is 0.931. The van der Waals surface area contributed by atoms with Crippen molar-refractivity contribution >= 4 is 17.5 Å². The molecule has 1 fully saturated rings. The fraction of sp³-hybridized carbons (Fsp3) is 0.364. The van der Waals surface area contributed by atoms with Crippen molar-refractivity contribution in [2.75, 3.05) is 44.2 Å². The Kier molecular flexibility index (Phi) is 4.94. The molecule has 0 radical (unpaired) electrons. The molecule has 0 unspecified atom stereocenters. The summed E-state index contributed by atoms with van der Waals surface area (Å²) in [5.74, 6) is 0.242. The lowest BCUT2D eigenvalue weighted by Crippen LogP contribution is -2.51. The smallest absolute Gasteiger partial charge is 0.254 e. The summed E-state index contributed by atoms with van der Waals surface area (Å²) in [6.45, 7) is 5.95. The first kappa shape index (κ1) is 17.7. The first-order valence-corrected chi connectivity index (χ1v) is 9.59. The van der Waals surface area contributed by atoms with Crippen molar-refractivity contribution in [3.8, 4) is 0 Å². The maximum absolute atomic E-state index is 12.8. The fourth-order valence-electron chi connectivity index (χ4n) is 3.97. The van der Waals surface area contributed by atoms with Gasteiger partial charge in [-0.05, 0) is 36.6 Å². The molecule has 0 N–H and O–H groups in total. The standard InChI is InChI=1S/C22H25N3O2/c1-17-6-2-4-8-19(17)22(27)24-14-12-23(13-15-24)16-21(26)25-11-10-18-7-3-5-9-20(18)25/h2-9H,10-16H2,1H3. The Labute approximate surface area is 160 Å². The van der Waals surface area contributed by atoms with Gasteiger partial charge in [0.2, 0.25) is 5.91 Å². The maximum Gasteiger partial charge on any atom is 0.254 e. The fourth-order valence-corrected chi connectivity index (χ4v) is 3.97. The van der Waals surface area contributed by atoms with Crippen molar-refractivity contribution in [3.63, 3.8) is 0 Å². The third kappa shape index (κ3) is 3.60. The minimum Gasteiger partial charge on any atom is -0.336 e. The van der Waals surface area contributed by atoms with Gasteiger partial charge in [0.25, 0.3) is 5.91 Å². The highest BCUT2D eigenvalue weighted by Crippen LogP contribution is 2.27. The second-order valence-corrected chi connectivity index (χ2v) is 7.31. The van der Waals surface area contributed by atoms with E-state index in [0.29, 0.717) is 19.6 Å². The predicted octanol–water partition coefficient (Wildman–Crippen LogP) is 2.34. The molecule has 0 spiro atoms. The zero-order valence-corrected chi connectivity index (χ0v) is 15.7. The lowest BCUT2D eigenvalue weighted by atomic mass is 10.1. The maximum atomic E-state index is 12.8. The van der Waals surface area contributed by atoms with E-state index >= 15 is 0 Å². The number of aryl methyl sites for hydroxylation is 1. The summed E-state index contributed by atoms with van der Waals surface area (Å²) in [4.78, 5) is 31.4. The van der Waals surface area contributed by atoms with Crippen molar-refractivity contribution in [2.24, 2.45) is 0 Å². The molecule has 0 bridgehead atoms. The quantitative estimate of drug-likeness (QED) is 0.841. The Bertz CT molecular complexity index is 856. The number of hydrogen-bond donors (Lipinski definition) is 0. The number of carbonyl (C=O) groups is 2. The van der Waals surface area contributed by atoms with E-state index in [1.54, 1.807) is 0 Å². The first-order chi connectivity index (χ1) is 13.1. The number of fused-ring (bicyclic) bond motifs is 1. The van der Waals surface area contributed by atoms with Crippen LogP contribution in [0.3, 0.4) is 0 Å². The van der Waals surface area contributed by atoms with E-state index in [1.165, 1.54) is 5.56 Å². The highest BCUT2D eigenvalue weighted by molar-refractivity contribution is 5.97. The summed E-state index contributed by atoms with van der Waals surface area (Å²) in [5.41, 5.74) is 4.08. The highest BCUT2D eigenvalue weighted by Gasteiger charge is 2.28. The molecule has 0 atom stereocenters. The molecular weight excluding hydrogens is 338 g/mol. The second-order valence-electron chi connectivity index (χ2n) is 7.31. The number of amides is 2.